The van der Waals surface area contributed by atoms with Crippen LogP contribution in [0.3, 0.4) is 0 Å². The van der Waals surface area contributed by atoms with Gasteiger partial charge in [-0.15, -0.1) is 0 Å². The number of hydrogen-bond acceptors (Lipinski definition) is 3. The molecule has 2 aliphatic heterocycles. The summed E-state index contributed by atoms with van der Waals surface area (Å²) in [5.41, 5.74) is -0.0797. The van der Waals surface area contributed by atoms with Gasteiger partial charge in [0.15, 0.2) is 5.69 Å². The number of imidazole rings is 1. The largest absolute Gasteiger partial charge is 0.435 e. The lowest BCUT2D eigenvalue weighted by Gasteiger charge is -2.32. The van der Waals surface area contributed by atoms with Crippen LogP contribution in [0.15, 0.2) is 6.20 Å². The molecule has 9 heteroatoms. The van der Waals surface area contributed by atoms with E-state index in [0.29, 0.717) is 25.9 Å². The summed E-state index contributed by atoms with van der Waals surface area (Å²) < 4.78 is 41.7. The zero-order chi connectivity index (χ0) is 19.2. The van der Waals surface area contributed by atoms with Crippen LogP contribution in [0.2, 0.25) is 0 Å². The van der Waals surface area contributed by atoms with Crippen LogP contribution in [0.5, 0.6) is 0 Å². The van der Waals surface area contributed by atoms with Gasteiger partial charge in [0.05, 0.1) is 5.56 Å². The Bertz CT molecular complexity index is 846. The molecule has 2 aromatic rings. The molecule has 0 radical (unpaired) electrons. The maximum absolute atomic E-state index is 13.1. The summed E-state index contributed by atoms with van der Waals surface area (Å²) in [6, 6.07) is 0. The van der Waals surface area contributed by atoms with Crippen molar-refractivity contribution < 1.29 is 18.0 Å². The second-order valence-electron chi connectivity index (χ2n) is 7.35. The summed E-state index contributed by atoms with van der Waals surface area (Å²) in [7, 11) is 0. The monoisotopic (exact) mass is 381 g/mol. The Labute approximate surface area is 154 Å². The molecule has 1 amide bonds. The predicted molar refractivity (Wildman–Crippen MR) is 91.4 cm³/mol. The first-order valence-corrected chi connectivity index (χ1v) is 9.32. The number of alkyl halides is 3. The minimum Gasteiger partial charge on any atom is -0.338 e. The Balaban J connectivity index is 1.48. The van der Waals surface area contributed by atoms with Crippen molar-refractivity contribution in [3.05, 3.63) is 34.7 Å². The Hall–Kier alpha value is -2.32. The van der Waals surface area contributed by atoms with Crippen molar-refractivity contribution in [3.63, 3.8) is 0 Å². The van der Waals surface area contributed by atoms with Gasteiger partial charge in [-0.3, -0.25) is 9.89 Å². The van der Waals surface area contributed by atoms with Crippen molar-refractivity contribution in [3.8, 4) is 0 Å². The molecule has 146 valence electrons. The van der Waals surface area contributed by atoms with Crippen LogP contribution in [0.1, 0.15) is 64.9 Å². The van der Waals surface area contributed by atoms with Gasteiger partial charge in [0.1, 0.15) is 5.82 Å². The number of piperidine rings is 1. The summed E-state index contributed by atoms with van der Waals surface area (Å²) in [5, 5.41) is 5.59. The van der Waals surface area contributed by atoms with Crippen molar-refractivity contribution in [1.82, 2.24) is 24.6 Å². The van der Waals surface area contributed by atoms with Gasteiger partial charge in [-0.2, -0.15) is 18.3 Å². The first-order valence-electron chi connectivity index (χ1n) is 9.32. The molecule has 0 atom stereocenters. The number of H-pyrrole nitrogens is 1. The van der Waals surface area contributed by atoms with E-state index < -0.39 is 17.8 Å². The van der Waals surface area contributed by atoms with Crippen molar-refractivity contribution >= 4 is 5.91 Å². The summed E-state index contributed by atoms with van der Waals surface area (Å²) in [5.74, 6) is 0.706. The van der Waals surface area contributed by atoms with Gasteiger partial charge in [-0.05, 0) is 39.0 Å². The SMILES string of the molecule is Cc1[nH]nc(C(F)(F)F)c1C(=O)N1CCC(c2ncc3n2CCCC3)CC1. The van der Waals surface area contributed by atoms with Crippen LogP contribution in [0.4, 0.5) is 13.2 Å². The summed E-state index contributed by atoms with van der Waals surface area (Å²) >= 11 is 0. The zero-order valence-electron chi connectivity index (χ0n) is 15.1. The number of fused-ring (bicyclic) bond motifs is 1. The number of nitrogens with zero attached hydrogens (tertiary/aromatic N) is 4. The molecule has 0 aromatic carbocycles. The quantitative estimate of drug-likeness (QED) is 0.868. The summed E-state index contributed by atoms with van der Waals surface area (Å²) in [4.78, 5) is 18.8. The highest BCUT2D eigenvalue weighted by Gasteiger charge is 2.41. The number of amides is 1. The van der Waals surface area contributed by atoms with E-state index in [1.165, 1.54) is 23.9 Å². The van der Waals surface area contributed by atoms with Crippen LogP contribution in [-0.4, -0.2) is 43.6 Å². The molecule has 0 aliphatic carbocycles. The van der Waals surface area contributed by atoms with Gasteiger partial charge >= 0.3 is 6.18 Å². The topological polar surface area (TPSA) is 66.8 Å². The van der Waals surface area contributed by atoms with Crippen LogP contribution in [0, 0.1) is 6.92 Å². The van der Waals surface area contributed by atoms with Gasteiger partial charge in [0, 0.05) is 43.1 Å². The Morgan fingerprint density at radius 1 is 1.22 bits per heavy atom. The molecule has 0 saturated carbocycles. The zero-order valence-corrected chi connectivity index (χ0v) is 15.1. The number of nitrogens with one attached hydrogen (secondary N) is 1. The molecule has 1 N–H and O–H groups in total. The molecule has 0 bridgehead atoms. The molecule has 1 fully saturated rings. The van der Waals surface area contributed by atoms with Crippen LogP contribution in [0.25, 0.3) is 0 Å². The highest BCUT2D eigenvalue weighted by molar-refractivity contribution is 5.96. The van der Waals surface area contributed by atoms with E-state index in [4.69, 9.17) is 0 Å². The van der Waals surface area contributed by atoms with Gasteiger partial charge < -0.3 is 9.47 Å². The molecule has 1 saturated heterocycles. The Kier molecular flexibility index (Phi) is 4.47. The average molecular weight is 381 g/mol. The number of carbonyl (C=O) groups is 1. The molecule has 27 heavy (non-hydrogen) atoms. The van der Waals surface area contributed by atoms with E-state index in [1.807, 2.05) is 6.20 Å². The smallest absolute Gasteiger partial charge is 0.338 e. The number of aromatic nitrogens is 4. The molecular formula is C18H22F3N5O. The maximum Gasteiger partial charge on any atom is 0.435 e. The fraction of sp³-hybridized carbons (Fsp3) is 0.611. The molecule has 2 aromatic heterocycles. The third-order valence-corrected chi connectivity index (χ3v) is 5.61. The lowest BCUT2D eigenvalue weighted by molar-refractivity contribution is -0.141. The fourth-order valence-electron chi connectivity index (χ4n) is 4.18. The van der Waals surface area contributed by atoms with Crippen molar-refractivity contribution in [2.45, 2.75) is 57.7 Å². The lowest BCUT2D eigenvalue weighted by atomic mass is 9.94. The molecule has 4 rings (SSSR count). The number of carbonyl (C=O) groups excluding carboxylic acids is 1. The van der Waals surface area contributed by atoms with Gasteiger partial charge in [-0.25, -0.2) is 4.98 Å². The minimum absolute atomic E-state index is 0.150. The molecule has 0 spiro atoms. The van der Waals surface area contributed by atoms with E-state index in [9.17, 15) is 18.0 Å². The third-order valence-electron chi connectivity index (χ3n) is 5.61. The number of rotatable bonds is 2. The minimum atomic E-state index is -4.65. The van der Waals surface area contributed by atoms with Gasteiger partial charge in [0.2, 0.25) is 0 Å². The highest BCUT2D eigenvalue weighted by Crippen LogP contribution is 2.34. The molecule has 0 unspecified atom stereocenters. The highest BCUT2D eigenvalue weighted by atomic mass is 19.4. The third kappa shape index (κ3) is 3.23. The van der Waals surface area contributed by atoms with E-state index in [2.05, 4.69) is 19.7 Å². The predicted octanol–water partition coefficient (Wildman–Crippen LogP) is 3.29. The molecule has 2 aliphatic rings. The maximum atomic E-state index is 13.1. The average Bonchev–Trinajstić information content (AvgIpc) is 3.25. The van der Waals surface area contributed by atoms with E-state index in [1.54, 1.807) is 0 Å². The van der Waals surface area contributed by atoms with Gasteiger partial charge in [-0.1, -0.05) is 0 Å². The number of likely N-dealkylation sites (tertiary alicyclic amines) is 1. The van der Waals surface area contributed by atoms with E-state index >= 15 is 0 Å². The Morgan fingerprint density at radius 3 is 2.67 bits per heavy atom. The first kappa shape index (κ1) is 18.1. The number of aryl methyl sites for hydroxylation is 2. The van der Waals surface area contributed by atoms with Gasteiger partial charge in [0.25, 0.3) is 5.91 Å². The van der Waals surface area contributed by atoms with Crippen molar-refractivity contribution in [2.75, 3.05) is 13.1 Å². The lowest BCUT2D eigenvalue weighted by Crippen LogP contribution is -2.39. The van der Waals surface area contributed by atoms with Crippen LogP contribution in [-0.2, 0) is 19.1 Å². The molecule has 4 heterocycles. The van der Waals surface area contributed by atoms with Crippen LogP contribution < -0.4 is 0 Å². The van der Waals surface area contributed by atoms with E-state index in [-0.39, 0.29) is 17.2 Å². The second kappa shape index (κ2) is 6.69. The fourth-order valence-corrected chi connectivity index (χ4v) is 4.18. The standard InChI is InChI=1S/C18H22F3N5O/c1-11-14(15(24-23-11)18(19,20)21)17(27)25-8-5-12(6-9-25)16-22-10-13-4-2-3-7-26(13)16/h10,12H,2-9H2,1H3,(H,23,24). The molecule has 6 nitrogen and oxygen atoms in total. The second-order valence-corrected chi connectivity index (χ2v) is 7.35. The number of hydrogen-bond donors (Lipinski definition) is 1. The first-order chi connectivity index (χ1) is 12.9. The summed E-state index contributed by atoms with van der Waals surface area (Å²) in [6.07, 6.45) is 2.09. The van der Waals surface area contributed by atoms with Crippen molar-refractivity contribution in [1.29, 1.82) is 0 Å². The summed E-state index contributed by atoms with van der Waals surface area (Å²) in [6.45, 7) is 3.27. The van der Waals surface area contributed by atoms with E-state index in [0.717, 1.165) is 25.2 Å². The Morgan fingerprint density at radius 2 is 1.96 bits per heavy atom. The number of halogens is 3. The number of aromatic amines is 1. The normalized spacial score (nSPS) is 18.6. The molecular weight excluding hydrogens is 359 g/mol. The van der Waals surface area contributed by atoms with Crippen molar-refractivity contribution in [2.24, 2.45) is 0 Å². The van der Waals surface area contributed by atoms with Crippen LogP contribution >= 0.6 is 0 Å².